The second kappa shape index (κ2) is 12.2. The third-order valence-electron chi connectivity index (χ3n) is 7.73. The second-order valence-electron chi connectivity index (χ2n) is 9.72. The van der Waals surface area contributed by atoms with Crippen LogP contribution >= 0.6 is 0 Å². The number of ether oxygens (including phenoxy) is 1. The van der Waals surface area contributed by atoms with Crippen LogP contribution in [0.25, 0.3) is 11.1 Å². The minimum atomic E-state index is -0.933. The zero-order chi connectivity index (χ0) is 27.1. The van der Waals surface area contributed by atoms with Gasteiger partial charge in [0, 0.05) is 28.9 Å². The number of aryl methyl sites for hydroxylation is 1. The molecule has 1 heterocycles. The Hall–Kier alpha value is -3.42. The molecule has 4 heteroatoms. The van der Waals surface area contributed by atoms with Gasteiger partial charge in [0.15, 0.2) is 0 Å². The molecule has 0 atom stereocenters. The lowest BCUT2D eigenvalue weighted by Gasteiger charge is -2.34. The summed E-state index contributed by atoms with van der Waals surface area (Å²) in [5.74, 6) is 6.03. The molecule has 0 saturated heterocycles. The zero-order valence-corrected chi connectivity index (χ0v) is 23.0. The van der Waals surface area contributed by atoms with E-state index in [0.29, 0.717) is 12.8 Å². The van der Waals surface area contributed by atoms with E-state index in [2.05, 4.69) is 80.1 Å². The quantitative estimate of drug-likeness (QED) is 0.261. The van der Waals surface area contributed by atoms with E-state index in [-0.39, 0.29) is 17.8 Å². The van der Waals surface area contributed by atoms with Gasteiger partial charge in [0.25, 0.3) is 0 Å². The first-order valence-corrected chi connectivity index (χ1v) is 13.2. The first-order valence-electron chi connectivity index (χ1n) is 13.2. The molecule has 3 rings (SSSR count). The fourth-order valence-electron chi connectivity index (χ4n) is 4.91. The maximum Gasteiger partial charge on any atom is 0.310 e. The van der Waals surface area contributed by atoms with Gasteiger partial charge in [-0.2, -0.15) is 0 Å². The van der Waals surface area contributed by atoms with Crippen LogP contribution in [0.4, 0.5) is 0 Å². The van der Waals surface area contributed by atoms with Gasteiger partial charge >= 0.3 is 5.97 Å². The van der Waals surface area contributed by atoms with Crippen molar-refractivity contribution in [1.82, 2.24) is 4.98 Å². The highest BCUT2D eigenvalue weighted by atomic mass is 16.5. The number of carbonyl (C=O) groups is 1. The second-order valence-corrected chi connectivity index (χ2v) is 9.72. The van der Waals surface area contributed by atoms with Crippen molar-refractivity contribution in [2.45, 2.75) is 77.7 Å². The molecule has 0 spiro atoms. The summed E-state index contributed by atoms with van der Waals surface area (Å²) in [5, 5.41) is 10.6. The highest BCUT2D eigenvalue weighted by Gasteiger charge is 2.31. The van der Waals surface area contributed by atoms with Crippen molar-refractivity contribution < 1.29 is 14.6 Å². The Bertz CT molecular complexity index is 1270. The number of hydrogen-bond donors (Lipinski definition) is 1. The Labute approximate surface area is 222 Å². The van der Waals surface area contributed by atoms with Crippen LogP contribution in [0.15, 0.2) is 60.9 Å². The maximum atomic E-state index is 11.7. The van der Waals surface area contributed by atoms with Crippen LogP contribution < -0.4 is 0 Å². The monoisotopic (exact) mass is 497 g/mol. The summed E-state index contributed by atoms with van der Waals surface area (Å²) < 4.78 is 4.79. The minimum absolute atomic E-state index is 0.117. The number of aliphatic hydroxyl groups is 1. The molecule has 37 heavy (non-hydrogen) atoms. The van der Waals surface area contributed by atoms with Gasteiger partial charge in [-0.1, -0.05) is 75.9 Å². The molecule has 0 bridgehead atoms. The fourth-order valence-corrected chi connectivity index (χ4v) is 4.91. The van der Waals surface area contributed by atoms with Crippen LogP contribution in [0.2, 0.25) is 0 Å². The summed E-state index contributed by atoms with van der Waals surface area (Å²) in [4.78, 5) is 16.0. The molecule has 1 aromatic heterocycles. The number of pyridine rings is 1. The molecule has 4 nitrogen and oxygen atoms in total. The normalized spacial score (nSPS) is 11.5. The number of methoxy groups -OCH3 is 1. The molecule has 0 aliphatic heterocycles. The lowest BCUT2D eigenvalue weighted by Crippen LogP contribution is -2.26. The van der Waals surface area contributed by atoms with Crippen molar-refractivity contribution >= 4 is 5.97 Å². The maximum absolute atomic E-state index is 11.7. The number of aromatic nitrogens is 1. The predicted molar refractivity (Wildman–Crippen MR) is 150 cm³/mol. The van der Waals surface area contributed by atoms with Crippen LogP contribution in [0, 0.1) is 18.8 Å². The van der Waals surface area contributed by atoms with Gasteiger partial charge in [-0.3, -0.25) is 9.78 Å². The van der Waals surface area contributed by atoms with E-state index in [1.807, 2.05) is 26.1 Å². The van der Waals surface area contributed by atoms with Crippen molar-refractivity contribution in [3.05, 3.63) is 88.7 Å². The van der Waals surface area contributed by atoms with Gasteiger partial charge < -0.3 is 9.84 Å². The van der Waals surface area contributed by atoms with Gasteiger partial charge in [-0.25, -0.2) is 0 Å². The first-order chi connectivity index (χ1) is 17.7. The Balaban J connectivity index is 1.94. The average molecular weight is 498 g/mol. The van der Waals surface area contributed by atoms with Crippen molar-refractivity contribution in [2.75, 3.05) is 7.11 Å². The Morgan fingerprint density at radius 3 is 2.11 bits per heavy atom. The van der Waals surface area contributed by atoms with Crippen molar-refractivity contribution in [2.24, 2.45) is 0 Å². The van der Waals surface area contributed by atoms with E-state index in [4.69, 9.17) is 4.74 Å². The third kappa shape index (κ3) is 6.29. The third-order valence-corrected chi connectivity index (χ3v) is 7.73. The summed E-state index contributed by atoms with van der Waals surface area (Å²) in [6, 6.07) is 17.2. The molecule has 0 unspecified atom stereocenters. The van der Waals surface area contributed by atoms with Crippen molar-refractivity contribution in [1.29, 1.82) is 0 Å². The largest absolute Gasteiger partial charge is 0.469 e. The summed E-state index contributed by atoms with van der Waals surface area (Å²) in [5.41, 5.74) is 6.44. The Morgan fingerprint density at radius 1 is 0.892 bits per heavy atom. The summed E-state index contributed by atoms with van der Waals surface area (Å²) in [7, 11) is 1.40. The molecule has 194 valence electrons. The minimum Gasteiger partial charge on any atom is -0.469 e. The first kappa shape index (κ1) is 28.2. The van der Waals surface area contributed by atoms with Crippen LogP contribution in [-0.4, -0.2) is 28.8 Å². The zero-order valence-electron chi connectivity index (χ0n) is 23.0. The number of nitrogens with zero attached hydrogens (tertiary/aromatic N) is 1. The van der Waals surface area contributed by atoms with Gasteiger partial charge in [-0.15, -0.1) is 0 Å². The number of rotatable bonds is 9. The average Bonchev–Trinajstić information content (AvgIpc) is 2.93. The van der Waals surface area contributed by atoms with E-state index >= 15 is 0 Å². The van der Waals surface area contributed by atoms with Crippen LogP contribution in [0.5, 0.6) is 0 Å². The molecule has 3 aromatic rings. The lowest BCUT2D eigenvalue weighted by molar-refractivity contribution is -0.139. The van der Waals surface area contributed by atoms with E-state index in [1.54, 1.807) is 6.20 Å². The molecule has 1 N–H and O–H groups in total. The van der Waals surface area contributed by atoms with E-state index in [0.717, 1.165) is 40.7 Å². The number of hydrogen-bond acceptors (Lipinski definition) is 4. The smallest absolute Gasteiger partial charge is 0.310 e. The molecular weight excluding hydrogens is 458 g/mol. The molecule has 0 radical (unpaired) electrons. The molecule has 0 aliphatic carbocycles. The van der Waals surface area contributed by atoms with Crippen molar-refractivity contribution in [3.63, 3.8) is 0 Å². The number of esters is 1. The predicted octanol–water partition coefficient (Wildman–Crippen LogP) is 6.78. The molecule has 0 aliphatic rings. The topological polar surface area (TPSA) is 59.4 Å². The number of carbonyl (C=O) groups excluding carboxylic acids is 1. The molecule has 0 fully saturated rings. The van der Waals surface area contributed by atoms with Gasteiger partial charge in [0.1, 0.15) is 5.60 Å². The molecular formula is C33H39NO3. The lowest BCUT2D eigenvalue weighted by atomic mass is 9.70. The fraction of sp³-hybridized carbons (Fsp3) is 0.394. The van der Waals surface area contributed by atoms with Crippen LogP contribution in [-0.2, 0) is 21.4 Å². The SMILES string of the molecule is CCC(O)(C#Cc1ccc(C(CC)(CC)c2ccc(-c3cncc(CC(=O)OC)c3)cc2)cc1C)CC. The van der Waals surface area contributed by atoms with E-state index < -0.39 is 5.60 Å². The van der Waals surface area contributed by atoms with Gasteiger partial charge in [0.2, 0.25) is 0 Å². The van der Waals surface area contributed by atoms with E-state index in [9.17, 15) is 9.90 Å². The van der Waals surface area contributed by atoms with E-state index in [1.165, 1.54) is 18.2 Å². The van der Waals surface area contributed by atoms with Crippen LogP contribution in [0.3, 0.4) is 0 Å². The summed E-state index contributed by atoms with van der Waals surface area (Å²) in [6.07, 6.45) is 6.90. The molecule has 0 saturated carbocycles. The van der Waals surface area contributed by atoms with Gasteiger partial charge in [0.05, 0.1) is 13.5 Å². The highest BCUT2D eigenvalue weighted by Crippen LogP contribution is 2.40. The molecule has 2 aromatic carbocycles. The van der Waals surface area contributed by atoms with Crippen molar-refractivity contribution in [3.8, 4) is 23.0 Å². The van der Waals surface area contributed by atoms with Crippen LogP contribution in [0.1, 0.15) is 81.2 Å². The Morgan fingerprint density at radius 2 is 1.54 bits per heavy atom. The summed E-state index contributed by atoms with van der Waals surface area (Å²) >= 11 is 0. The Kier molecular flexibility index (Phi) is 9.29. The standard InChI is InChI=1S/C33H39NO3/c1-7-32(36,8-2)18-17-26-11-16-30(19-24(26)5)33(9-3,10-4)29-14-12-27(13-15-29)28-20-25(22-34-23-28)21-31(35)37-6/h11-16,19-20,22-23,36H,7-10,21H2,1-6H3. The summed E-state index contributed by atoms with van der Waals surface area (Å²) in [6.45, 7) is 10.5. The molecule has 0 amide bonds. The number of benzene rings is 2. The van der Waals surface area contributed by atoms with Gasteiger partial charge in [-0.05, 0) is 72.6 Å². The highest BCUT2D eigenvalue weighted by molar-refractivity contribution is 5.73.